The summed E-state index contributed by atoms with van der Waals surface area (Å²) in [6.07, 6.45) is 1.83. The minimum Gasteiger partial charge on any atom is -0.409 e. The van der Waals surface area contributed by atoms with Crippen LogP contribution in [-0.4, -0.2) is 16.4 Å². The van der Waals surface area contributed by atoms with Gasteiger partial charge in [0.2, 0.25) is 0 Å². The Morgan fingerprint density at radius 3 is 2.50 bits per heavy atom. The minimum atomic E-state index is -3.86. The molecular weight excluding hydrogens is 298 g/mol. The van der Waals surface area contributed by atoms with Crippen LogP contribution in [0.5, 0.6) is 0 Å². The first-order valence-electron chi connectivity index (χ1n) is 4.18. The second-order valence-corrected chi connectivity index (χ2v) is 5.72. The molecule has 0 saturated heterocycles. The molecule has 1 atom stereocenters. The van der Waals surface area contributed by atoms with E-state index in [1.807, 2.05) is 6.92 Å². The molecule has 0 saturated carbocycles. The van der Waals surface area contributed by atoms with Crippen LogP contribution in [0.2, 0.25) is 0 Å². The zero-order valence-corrected chi connectivity index (χ0v) is 11.9. The van der Waals surface area contributed by atoms with Crippen LogP contribution in [0.25, 0.3) is 0 Å². The van der Waals surface area contributed by atoms with E-state index in [9.17, 15) is 8.77 Å². The molecule has 0 aromatic heterocycles. The number of phosphoric ester groups is 1. The average molecular weight is 309 g/mol. The highest BCUT2D eigenvalue weighted by atomic mass is 35.5. The first-order chi connectivity index (χ1) is 7.47. The molecule has 0 aliphatic carbocycles. The van der Waals surface area contributed by atoms with E-state index in [2.05, 4.69) is 9.05 Å². The molecule has 1 unspecified atom stereocenters. The van der Waals surface area contributed by atoms with Gasteiger partial charge in [-0.25, -0.2) is 13.3 Å². The van der Waals surface area contributed by atoms with E-state index in [0.29, 0.717) is 12.8 Å². The fraction of sp³-hybridized carbons (Fsp3) is 0.571. The molecule has 94 valence electrons. The van der Waals surface area contributed by atoms with Gasteiger partial charge in [-0.2, -0.15) is 0 Å². The van der Waals surface area contributed by atoms with Gasteiger partial charge in [0, 0.05) is 13.5 Å². The minimum absolute atomic E-state index is 0.0202. The van der Waals surface area contributed by atoms with Gasteiger partial charge in [-0.15, -0.1) is 0 Å². The molecule has 9 heteroatoms. The zero-order chi connectivity index (χ0) is 12.6. The fourth-order valence-corrected chi connectivity index (χ4v) is 2.31. The molecule has 0 aliphatic heterocycles. The number of phosphoric acid groups is 1. The number of hydrogen-bond acceptors (Lipinski definition) is 5. The quantitative estimate of drug-likeness (QED) is 0.428. The van der Waals surface area contributed by atoms with Crippen molar-refractivity contribution in [2.45, 2.75) is 19.8 Å². The van der Waals surface area contributed by atoms with Crippen molar-refractivity contribution in [3.8, 4) is 0 Å². The van der Waals surface area contributed by atoms with Gasteiger partial charge < -0.3 is 4.52 Å². The Morgan fingerprint density at radius 1 is 1.50 bits per heavy atom. The van der Waals surface area contributed by atoms with Crippen molar-refractivity contribution in [3.05, 3.63) is 10.8 Å². The Morgan fingerprint density at radius 2 is 2.12 bits per heavy atom. The highest BCUT2D eigenvalue weighted by molar-refractivity contribution is 7.67. The second kappa shape index (κ2) is 8.28. The molecule has 0 heterocycles. The maximum Gasteiger partial charge on any atom is 0.534 e. The van der Waals surface area contributed by atoms with Gasteiger partial charge in [0.1, 0.15) is 22.0 Å². The highest BCUT2D eigenvalue weighted by Crippen LogP contribution is 2.49. The van der Waals surface area contributed by atoms with Crippen LogP contribution in [0, 0.1) is 0 Å². The van der Waals surface area contributed by atoms with Crippen LogP contribution in [0.4, 0.5) is 0 Å². The third kappa shape index (κ3) is 6.68. The largest absolute Gasteiger partial charge is 0.534 e. The van der Waals surface area contributed by atoms with Gasteiger partial charge in [-0.1, -0.05) is 30.1 Å². The third-order valence-corrected chi connectivity index (χ3v) is 3.29. The molecule has 0 fully saturated rings. The molecular formula is C7H11Cl2O5PS. The van der Waals surface area contributed by atoms with E-state index in [0.717, 1.165) is 13.4 Å². The smallest absolute Gasteiger partial charge is 0.409 e. The Hall–Kier alpha value is 0.160. The first kappa shape index (κ1) is 16.2. The van der Waals surface area contributed by atoms with Crippen molar-refractivity contribution in [2.24, 2.45) is 0 Å². The van der Waals surface area contributed by atoms with Crippen molar-refractivity contribution in [2.75, 3.05) is 7.11 Å². The van der Waals surface area contributed by atoms with Crippen molar-refractivity contribution in [1.82, 2.24) is 0 Å². The van der Waals surface area contributed by atoms with Gasteiger partial charge in [0.15, 0.2) is 5.05 Å². The molecule has 0 aromatic rings. The lowest BCUT2D eigenvalue weighted by Gasteiger charge is -2.13. The SMILES string of the molecule is CCCC(OP(=O)(OC)OC=C(Cl)Cl)=S=O. The molecule has 0 N–H and O–H groups in total. The monoisotopic (exact) mass is 308 g/mol. The molecule has 0 aliphatic rings. The van der Waals surface area contributed by atoms with Gasteiger partial charge in [0.25, 0.3) is 0 Å². The van der Waals surface area contributed by atoms with Crippen LogP contribution in [-0.2, 0) is 29.4 Å². The predicted octanol–water partition coefficient (Wildman–Crippen LogP) is 3.19. The van der Waals surface area contributed by atoms with Gasteiger partial charge in [-0.05, 0) is 6.42 Å². The summed E-state index contributed by atoms with van der Waals surface area (Å²) < 4.78 is 36.1. The molecule has 0 radical (unpaired) electrons. The topological polar surface area (TPSA) is 61.8 Å². The van der Waals surface area contributed by atoms with E-state index in [4.69, 9.17) is 27.7 Å². The summed E-state index contributed by atoms with van der Waals surface area (Å²) in [5.74, 6) is 0. The predicted molar refractivity (Wildman–Crippen MR) is 64.6 cm³/mol. The van der Waals surface area contributed by atoms with E-state index < -0.39 is 7.82 Å². The van der Waals surface area contributed by atoms with Crippen LogP contribution in [0.3, 0.4) is 0 Å². The molecule has 0 aromatic carbocycles. The zero-order valence-electron chi connectivity index (χ0n) is 8.64. The first-order valence-corrected chi connectivity index (χ1v) is 7.13. The lowest BCUT2D eigenvalue weighted by Crippen LogP contribution is -2.04. The third-order valence-electron chi connectivity index (χ3n) is 1.26. The molecule has 0 rings (SSSR count). The van der Waals surface area contributed by atoms with Crippen molar-refractivity contribution in [3.63, 3.8) is 0 Å². The lowest BCUT2D eigenvalue weighted by atomic mass is 10.4. The molecule has 0 amide bonds. The van der Waals surface area contributed by atoms with Gasteiger partial charge in [0.05, 0.1) is 0 Å². The Labute approximate surface area is 107 Å². The van der Waals surface area contributed by atoms with E-state index in [-0.39, 0.29) is 20.8 Å². The van der Waals surface area contributed by atoms with Crippen LogP contribution in [0.1, 0.15) is 19.8 Å². The maximum atomic E-state index is 11.7. The maximum absolute atomic E-state index is 11.7. The molecule has 0 spiro atoms. The molecule has 0 bridgehead atoms. The summed E-state index contributed by atoms with van der Waals surface area (Å²) in [5, 5.41) is 0.0202. The van der Waals surface area contributed by atoms with Crippen LogP contribution < -0.4 is 0 Å². The van der Waals surface area contributed by atoms with Crippen LogP contribution >= 0.6 is 31.0 Å². The number of rotatable bonds is 6. The van der Waals surface area contributed by atoms with Crippen LogP contribution in [0.15, 0.2) is 10.8 Å². The van der Waals surface area contributed by atoms with Crippen molar-refractivity contribution < 1.29 is 22.3 Å². The lowest BCUT2D eigenvalue weighted by molar-refractivity contribution is 0.226. The molecule has 5 nitrogen and oxygen atoms in total. The van der Waals surface area contributed by atoms with E-state index >= 15 is 0 Å². The summed E-state index contributed by atoms with van der Waals surface area (Å²) in [6.45, 7) is 1.84. The number of halogens is 2. The summed E-state index contributed by atoms with van der Waals surface area (Å²) in [7, 11) is -2.74. The standard InChI is InChI=1S/C7H11Cl2O5PS/c1-3-4-7(16-11)14-15(10,12-2)13-5-6(8)9/h5H,3-4H2,1-2H3. The Kier molecular flexibility index (Phi) is 8.36. The highest BCUT2D eigenvalue weighted by Gasteiger charge is 2.28. The van der Waals surface area contributed by atoms with Gasteiger partial charge >= 0.3 is 7.82 Å². The van der Waals surface area contributed by atoms with Crippen molar-refractivity contribution in [1.29, 1.82) is 0 Å². The van der Waals surface area contributed by atoms with Gasteiger partial charge in [-0.3, -0.25) is 4.52 Å². The normalized spacial score (nSPS) is 13.8. The van der Waals surface area contributed by atoms with E-state index in [1.165, 1.54) is 0 Å². The Balaban J connectivity index is 4.65. The second-order valence-electron chi connectivity index (χ2n) is 2.44. The van der Waals surface area contributed by atoms with E-state index in [1.54, 1.807) is 0 Å². The van der Waals surface area contributed by atoms with Crippen molar-refractivity contribution >= 4 is 47.3 Å². The summed E-state index contributed by atoms with van der Waals surface area (Å²) >= 11 is 10.6. The summed E-state index contributed by atoms with van der Waals surface area (Å²) in [6, 6.07) is 0. The fourth-order valence-electron chi connectivity index (χ4n) is 0.638. The Bertz CT molecular complexity index is 349. The summed E-state index contributed by atoms with van der Waals surface area (Å²) in [4.78, 5) is 0. The number of hydrogen-bond donors (Lipinski definition) is 0. The molecule has 16 heavy (non-hydrogen) atoms. The summed E-state index contributed by atoms with van der Waals surface area (Å²) in [5.41, 5.74) is 0. The average Bonchev–Trinajstić information content (AvgIpc) is 2.26.